The monoisotopic (exact) mass is 206 g/mol. The van der Waals surface area contributed by atoms with Gasteiger partial charge in [0.2, 0.25) is 0 Å². The van der Waals surface area contributed by atoms with Crippen molar-refractivity contribution in [3.8, 4) is 0 Å². The molecule has 2 atom stereocenters. The summed E-state index contributed by atoms with van der Waals surface area (Å²) in [5.74, 6) is -1.02. The molecule has 0 heterocycles. The second-order valence-corrected chi connectivity index (χ2v) is 2.89. The molecule has 0 fully saturated rings. The second kappa shape index (κ2) is 7.73. The van der Waals surface area contributed by atoms with Gasteiger partial charge in [-0.1, -0.05) is 0 Å². The predicted octanol–water partition coefficient (Wildman–Crippen LogP) is 0.528. The van der Waals surface area contributed by atoms with Crippen molar-refractivity contribution < 1.29 is 24.1 Å². The van der Waals surface area contributed by atoms with Gasteiger partial charge in [0.05, 0.1) is 19.3 Å². The molecule has 1 N–H and O–H groups in total. The first kappa shape index (κ1) is 13.4. The van der Waals surface area contributed by atoms with E-state index in [9.17, 15) is 4.79 Å². The fraction of sp³-hybridized carbons (Fsp3) is 0.889. The van der Waals surface area contributed by atoms with E-state index in [1.807, 2.05) is 6.92 Å². The molecule has 0 amide bonds. The zero-order chi connectivity index (χ0) is 11.0. The lowest BCUT2D eigenvalue weighted by Crippen LogP contribution is -2.33. The molecule has 0 saturated heterocycles. The van der Waals surface area contributed by atoms with Crippen LogP contribution in [0.15, 0.2) is 0 Å². The van der Waals surface area contributed by atoms with Crippen molar-refractivity contribution in [2.75, 3.05) is 26.9 Å². The van der Waals surface area contributed by atoms with Gasteiger partial charge < -0.3 is 19.3 Å². The summed E-state index contributed by atoms with van der Waals surface area (Å²) < 4.78 is 15.0. The summed E-state index contributed by atoms with van der Waals surface area (Å²) >= 11 is 0. The number of carboxylic acid groups (broad SMARTS) is 1. The fourth-order valence-electron chi connectivity index (χ4n) is 0.924. The van der Waals surface area contributed by atoms with Crippen molar-refractivity contribution in [3.63, 3.8) is 0 Å². The number of hydrogen-bond donors (Lipinski definition) is 1. The van der Waals surface area contributed by atoms with Crippen LogP contribution in [0.3, 0.4) is 0 Å². The predicted molar refractivity (Wildman–Crippen MR) is 50.3 cm³/mol. The first-order valence-corrected chi connectivity index (χ1v) is 4.56. The Morgan fingerprint density at radius 1 is 1.43 bits per heavy atom. The van der Waals surface area contributed by atoms with Crippen LogP contribution in [0.2, 0.25) is 0 Å². The van der Waals surface area contributed by atoms with Crippen LogP contribution in [0.1, 0.15) is 13.8 Å². The van der Waals surface area contributed by atoms with Gasteiger partial charge in [-0.2, -0.15) is 0 Å². The van der Waals surface area contributed by atoms with E-state index < -0.39 is 12.1 Å². The first-order valence-electron chi connectivity index (χ1n) is 4.56. The first-order chi connectivity index (χ1) is 6.61. The van der Waals surface area contributed by atoms with Crippen molar-refractivity contribution in [1.82, 2.24) is 0 Å². The van der Waals surface area contributed by atoms with E-state index in [1.54, 1.807) is 6.92 Å². The highest BCUT2D eigenvalue weighted by Crippen LogP contribution is 2.00. The van der Waals surface area contributed by atoms with E-state index in [0.29, 0.717) is 13.2 Å². The molecule has 0 saturated carbocycles. The molecular formula is C9H18O5. The number of rotatable bonds is 8. The Balaban J connectivity index is 3.83. The minimum absolute atomic E-state index is 0.0474. The Kier molecular flexibility index (Phi) is 7.37. The SMILES string of the molecule is CCOCC(C)OC(COC)C(=O)O. The summed E-state index contributed by atoms with van der Waals surface area (Å²) in [5.41, 5.74) is 0. The average Bonchev–Trinajstić information content (AvgIpc) is 2.14. The van der Waals surface area contributed by atoms with E-state index in [2.05, 4.69) is 0 Å². The molecule has 0 spiro atoms. The van der Waals surface area contributed by atoms with Crippen LogP contribution in [0.4, 0.5) is 0 Å². The highest BCUT2D eigenvalue weighted by Gasteiger charge is 2.20. The Bertz CT molecular complexity index is 159. The molecule has 0 aromatic rings. The minimum Gasteiger partial charge on any atom is -0.479 e. The number of carbonyl (C=O) groups is 1. The molecule has 2 unspecified atom stereocenters. The van der Waals surface area contributed by atoms with Crippen LogP contribution in [-0.4, -0.2) is 50.2 Å². The number of aliphatic carboxylic acids is 1. The van der Waals surface area contributed by atoms with Gasteiger partial charge in [-0.05, 0) is 13.8 Å². The van der Waals surface area contributed by atoms with Crippen molar-refractivity contribution in [2.24, 2.45) is 0 Å². The number of ether oxygens (including phenoxy) is 3. The molecule has 0 aliphatic heterocycles. The quantitative estimate of drug-likeness (QED) is 0.627. The van der Waals surface area contributed by atoms with E-state index in [1.165, 1.54) is 7.11 Å². The Labute approximate surface area is 84.0 Å². The normalized spacial score (nSPS) is 15.1. The van der Waals surface area contributed by atoms with Crippen molar-refractivity contribution in [2.45, 2.75) is 26.1 Å². The number of methoxy groups -OCH3 is 1. The largest absolute Gasteiger partial charge is 0.479 e. The fourth-order valence-corrected chi connectivity index (χ4v) is 0.924. The molecule has 0 aromatic heterocycles. The highest BCUT2D eigenvalue weighted by atomic mass is 16.6. The summed E-state index contributed by atoms with van der Waals surface area (Å²) in [6.07, 6.45) is -1.17. The molecule has 0 rings (SSSR count). The number of carboxylic acids is 1. The lowest BCUT2D eigenvalue weighted by atomic mass is 10.3. The summed E-state index contributed by atoms with van der Waals surface area (Å²) in [6, 6.07) is 0. The van der Waals surface area contributed by atoms with Crippen LogP contribution in [0, 0.1) is 0 Å². The second-order valence-electron chi connectivity index (χ2n) is 2.89. The molecule has 84 valence electrons. The maximum atomic E-state index is 10.7. The molecule has 5 heteroatoms. The summed E-state index contributed by atoms with van der Waals surface area (Å²) in [7, 11) is 1.44. The van der Waals surface area contributed by atoms with E-state index in [0.717, 1.165) is 0 Å². The van der Waals surface area contributed by atoms with Gasteiger partial charge in [0.1, 0.15) is 0 Å². The van der Waals surface area contributed by atoms with Crippen LogP contribution in [-0.2, 0) is 19.0 Å². The van der Waals surface area contributed by atoms with E-state index in [-0.39, 0.29) is 12.7 Å². The topological polar surface area (TPSA) is 65.0 Å². The molecular weight excluding hydrogens is 188 g/mol. The van der Waals surface area contributed by atoms with Crippen LogP contribution in [0.5, 0.6) is 0 Å². The Hall–Kier alpha value is -0.650. The maximum absolute atomic E-state index is 10.7. The third-order valence-electron chi connectivity index (χ3n) is 1.55. The van der Waals surface area contributed by atoms with Crippen molar-refractivity contribution in [1.29, 1.82) is 0 Å². The Morgan fingerprint density at radius 3 is 2.50 bits per heavy atom. The van der Waals surface area contributed by atoms with Gasteiger partial charge in [-0.15, -0.1) is 0 Å². The minimum atomic E-state index is -1.02. The van der Waals surface area contributed by atoms with Gasteiger partial charge in [-0.3, -0.25) is 0 Å². The lowest BCUT2D eigenvalue weighted by Gasteiger charge is -2.18. The highest BCUT2D eigenvalue weighted by molar-refractivity contribution is 5.72. The van der Waals surface area contributed by atoms with E-state index in [4.69, 9.17) is 19.3 Å². The van der Waals surface area contributed by atoms with Crippen LogP contribution >= 0.6 is 0 Å². The van der Waals surface area contributed by atoms with Crippen LogP contribution < -0.4 is 0 Å². The van der Waals surface area contributed by atoms with Crippen molar-refractivity contribution in [3.05, 3.63) is 0 Å². The van der Waals surface area contributed by atoms with Crippen LogP contribution in [0.25, 0.3) is 0 Å². The third-order valence-corrected chi connectivity index (χ3v) is 1.55. The van der Waals surface area contributed by atoms with Gasteiger partial charge in [0.15, 0.2) is 6.10 Å². The molecule has 0 aromatic carbocycles. The summed E-state index contributed by atoms with van der Waals surface area (Å²) in [4.78, 5) is 10.7. The maximum Gasteiger partial charge on any atom is 0.335 e. The van der Waals surface area contributed by atoms with Gasteiger partial charge in [0.25, 0.3) is 0 Å². The molecule has 0 radical (unpaired) electrons. The molecule has 0 aliphatic carbocycles. The van der Waals surface area contributed by atoms with Gasteiger partial charge in [-0.25, -0.2) is 4.79 Å². The average molecular weight is 206 g/mol. The standard InChI is InChI=1S/C9H18O5/c1-4-13-5-7(2)14-8(6-12-3)9(10)11/h7-8H,4-6H2,1-3H3,(H,10,11). The van der Waals surface area contributed by atoms with E-state index >= 15 is 0 Å². The summed E-state index contributed by atoms with van der Waals surface area (Å²) in [5, 5.41) is 8.73. The zero-order valence-corrected chi connectivity index (χ0v) is 8.86. The molecule has 0 aliphatic rings. The third kappa shape index (κ3) is 5.90. The lowest BCUT2D eigenvalue weighted by molar-refractivity contribution is -0.160. The zero-order valence-electron chi connectivity index (χ0n) is 8.86. The molecule has 5 nitrogen and oxygen atoms in total. The molecule has 14 heavy (non-hydrogen) atoms. The summed E-state index contributed by atoms with van der Waals surface area (Å²) in [6.45, 7) is 4.67. The van der Waals surface area contributed by atoms with Gasteiger partial charge in [0, 0.05) is 13.7 Å². The Morgan fingerprint density at radius 2 is 2.07 bits per heavy atom. The smallest absolute Gasteiger partial charge is 0.335 e. The number of hydrogen-bond acceptors (Lipinski definition) is 4. The van der Waals surface area contributed by atoms with Crippen molar-refractivity contribution >= 4 is 5.97 Å². The molecule has 0 bridgehead atoms. The van der Waals surface area contributed by atoms with Gasteiger partial charge >= 0.3 is 5.97 Å².